The zero-order chi connectivity index (χ0) is 11.4. The molecular formula is C12H24N2. The van der Waals surface area contributed by atoms with Gasteiger partial charge in [0.1, 0.15) is 0 Å². The van der Waals surface area contributed by atoms with Crippen LogP contribution in [0.2, 0.25) is 0 Å². The average Bonchev–Trinajstić information content (AvgIpc) is 1.98. The zero-order valence-electron chi connectivity index (χ0n) is 10.3. The molecule has 82 valence electrons. The van der Waals surface area contributed by atoms with Gasteiger partial charge in [-0.05, 0) is 24.7 Å². The summed E-state index contributed by atoms with van der Waals surface area (Å²) in [4.78, 5) is 0. The Hall–Kier alpha value is -0.340. The Labute approximate surface area is 87.7 Å². The molecule has 0 radical (unpaired) electrons. The third-order valence-corrected chi connectivity index (χ3v) is 4.87. The Morgan fingerprint density at radius 1 is 0.786 bits per heavy atom. The van der Waals surface area contributed by atoms with E-state index in [4.69, 9.17) is 11.5 Å². The van der Waals surface area contributed by atoms with Crippen molar-refractivity contribution in [2.24, 2.45) is 22.3 Å². The number of rotatable bonds is 0. The highest BCUT2D eigenvalue weighted by Gasteiger charge is 2.56. The summed E-state index contributed by atoms with van der Waals surface area (Å²) in [6.07, 6.45) is 4.25. The van der Waals surface area contributed by atoms with Gasteiger partial charge < -0.3 is 11.5 Å². The maximum absolute atomic E-state index is 6.43. The first-order valence-electron chi connectivity index (χ1n) is 5.24. The highest BCUT2D eigenvalue weighted by Crippen LogP contribution is 2.53. The molecule has 4 N–H and O–H groups in total. The number of hydrogen-bond donors (Lipinski definition) is 2. The van der Waals surface area contributed by atoms with E-state index in [9.17, 15) is 0 Å². The Bertz CT molecular complexity index is 242. The Kier molecular flexibility index (Phi) is 2.19. The van der Waals surface area contributed by atoms with Crippen LogP contribution in [0.15, 0.2) is 12.2 Å². The summed E-state index contributed by atoms with van der Waals surface area (Å²) in [6, 6.07) is 0. The molecule has 0 aliphatic heterocycles. The summed E-state index contributed by atoms with van der Waals surface area (Å²) in [7, 11) is 0. The van der Waals surface area contributed by atoms with Crippen LogP contribution in [0.5, 0.6) is 0 Å². The summed E-state index contributed by atoms with van der Waals surface area (Å²) >= 11 is 0. The smallest absolute Gasteiger partial charge is 0.0496 e. The molecule has 1 rings (SSSR count). The topological polar surface area (TPSA) is 52.0 Å². The van der Waals surface area contributed by atoms with Crippen LogP contribution in [-0.2, 0) is 0 Å². The molecule has 0 aromatic rings. The molecule has 0 saturated heterocycles. The van der Waals surface area contributed by atoms with Crippen LogP contribution in [0, 0.1) is 10.8 Å². The summed E-state index contributed by atoms with van der Waals surface area (Å²) < 4.78 is 0. The third-order valence-electron chi connectivity index (χ3n) is 4.87. The molecule has 0 saturated carbocycles. The van der Waals surface area contributed by atoms with Crippen LogP contribution in [0.25, 0.3) is 0 Å². The molecular weight excluding hydrogens is 172 g/mol. The molecule has 2 nitrogen and oxygen atoms in total. The molecule has 0 heterocycles. The summed E-state index contributed by atoms with van der Waals surface area (Å²) in [6.45, 7) is 12.9. The second-order valence-corrected chi connectivity index (χ2v) is 6.17. The quantitative estimate of drug-likeness (QED) is 0.583. The first-order chi connectivity index (χ1) is 5.96. The fourth-order valence-electron chi connectivity index (χ4n) is 2.11. The molecule has 0 bridgehead atoms. The molecule has 1 aliphatic rings. The fourth-order valence-corrected chi connectivity index (χ4v) is 2.11. The van der Waals surface area contributed by atoms with Gasteiger partial charge in [0.05, 0.1) is 0 Å². The van der Waals surface area contributed by atoms with E-state index in [0.717, 1.165) is 0 Å². The van der Waals surface area contributed by atoms with Crippen LogP contribution in [-0.4, -0.2) is 11.1 Å². The van der Waals surface area contributed by atoms with Gasteiger partial charge in [0.15, 0.2) is 0 Å². The number of nitrogens with two attached hydrogens (primary N) is 2. The molecule has 1 aliphatic carbocycles. The number of hydrogen-bond acceptors (Lipinski definition) is 2. The Morgan fingerprint density at radius 2 is 1.21 bits per heavy atom. The normalized spacial score (nSPS) is 45.1. The minimum atomic E-state index is -0.438. The minimum absolute atomic E-state index is 0.0295. The lowest BCUT2D eigenvalue weighted by Gasteiger charge is -2.59. The van der Waals surface area contributed by atoms with Crippen molar-refractivity contribution in [3.63, 3.8) is 0 Å². The predicted octanol–water partition coefficient (Wildman–Crippen LogP) is 2.04. The molecule has 0 amide bonds. The van der Waals surface area contributed by atoms with Gasteiger partial charge in [-0.3, -0.25) is 0 Å². The van der Waals surface area contributed by atoms with E-state index in [1.54, 1.807) is 0 Å². The molecule has 0 spiro atoms. The maximum atomic E-state index is 6.43. The van der Waals surface area contributed by atoms with E-state index >= 15 is 0 Å². The van der Waals surface area contributed by atoms with E-state index in [1.807, 2.05) is 6.92 Å². The van der Waals surface area contributed by atoms with Gasteiger partial charge in [0.2, 0.25) is 0 Å². The highest BCUT2D eigenvalue weighted by atomic mass is 14.9. The Balaban J connectivity index is 3.36. The molecule has 0 aromatic heterocycles. The van der Waals surface area contributed by atoms with E-state index in [1.165, 1.54) is 0 Å². The first-order valence-corrected chi connectivity index (χ1v) is 5.24. The lowest BCUT2D eigenvalue weighted by atomic mass is 9.50. The van der Waals surface area contributed by atoms with Gasteiger partial charge in [-0.1, -0.05) is 39.8 Å². The number of allylic oxidation sites excluding steroid dienone is 1. The Morgan fingerprint density at radius 3 is 1.57 bits per heavy atom. The van der Waals surface area contributed by atoms with Crippen LogP contribution in [0.3, 0.4) is 0 Å². The summed E-state index contributed by atoms with van der Waals surface area (Å²) in [5.74, 6) is 0. The lowest BCUT2D eigenvalue weighted by molar-refractivity contribution is 0.0146. The van der Waals surface area contributed by atoms with E-state index in [0.29, 0.717) is 0 Å². The average molecular weight is 196 g/mol. The molecule has 2 heteroatoms. The van der Waals surface area contributed by atoms with Crippen LogP contribution in [0.4, 0.5) is 0 Å². The van der Waals surface area contributed by atoms with E-state index in [-0.39, 0.29) is 10.8 Å². The predicted molar refractivity (Wildman–Crippen MR) is 61.9 cm³/mol. The van der Waals surface area contributed by atoms with Gasteiger partial charge in [0, 0.05) is 11.1 Å². The van der Waals surface area contributed by atoms with Crippen LogP contribution >= 0.6 is 0 Å². The zero-order valence-corrected chi connectivity index (χ0v) is 10.3. The summed E-state index contributed by atoms with van der Waals surface area (Å²) in [5, 5.41) is 0. The SMILES string of the molecule is CC1(C)C=CC(C)(N)C(C)(N)C1(C)C. The van der Waals surface area contributed by atoms with Gasteiger partial charge in [0.25, 0.3) is 0 Å². The van der Waals surface area contributed by atoms with Gasteiger partial charge in [-0.2, -0.15) is 0 Å². The van der Waals surface area contributed by atoms with Crippen molar-refractivity contribution in [3.05, 3.63) is 12.2 Å². The molecule has 2 unspecified atom stereocenters. The van der Waals surface area contributed by atoms with Crippen molar-refractivity contribution >= 4 is 0 Å². The second-order valence-electron chi connectivity index (χ2n) is 6.17. The largest absolute Gasteiger partial charge is 0.323 e. The van der Waals surface area contributed by atoms with Crippen molar-refractivity contribution in [3.8, 4) is 0 Å². The van der Waals surface area contributed by atoms with Gasteiger partial charge in [-0.15, -0.1) is 0 Å². The first kappa shape index (κ1) is 11.7. The van der Waals surface area contributed by atoms with Gasteiger partial charge >= 0.3 is 0 Å². The second kappa shape index (κ2) is 2.61. The van der Waals surface area contributed by atoms with Gasteiger partial charge in [-0.25, -0.2) is 0 Å². The van der Waals surface area contributed by atoms with Crippen LogP contribution < -0.4 is 11.5 Å². The van der Waals surface area contributed by atoms with Crippen molar-refractivity contribution in [2.45, 2.75) is 52.6 Å². The maximum Gasteiger partial charge on any atom is 0.0496 e. The standard InChI is InChI=1S/C12H24N2/c1-9(2)7-8-11(5,13)12(6,14)10(9,3)4/h7-8H,13-14H2,1-6H3. The molecule has 2 atom stereocenters. The van der Waals surface area contributed by atoms with Crippen LogP contribution in [0.1, 0.15) is 41.5 Å². The molecule has 14 heavy (non-hydrogen) atoms. The molecule has 0 fully saturated rings. The van der Waals surface area contributed by atoms with Crippen molar-refractivity contribution in [1.82, 2.24) is 0 Å². The fraction of sp³-hybridized carbons (Fsp3) is 0.833. The highest BCUT2D eigenvalue weighted by molar-refractivity contribution is 5.29. The third kappa shape index (κ3) is 1.17. The van der Waals surface area contributed by atoms with Crippen molar-refractivity contribution in [2.75, 3.05) is 0 Å². The lowest BCUT2D eigenvalue weighted by Crippen LogP contribution is -2.73. The minimum Gasteiger partial charge on any atom is -0.323 e. The monoisotopic (exact) mass is 196 g/mol. The summed E-state index contributed by atoms with van der Waals surface area (Å²) in [5.41, 5.74) is 11.9. The van der Waals surface area contributed by atoms with Crippen molar-refractivity contribution < 1.29 is 0 Å². The molecule has 0 aromatic carbocycles. The van der Waals surface area contributed by atoms with E-state index < -0.39 is 11.1 Å². The van der Waals surface area contributed by atoms with E-state index in [2.05, 4.69) is 46.8 Å². The van der Waals surface area contributed by atoms with Crippen molar-refractivity contribution in [1.29, 1.82) is 0 Å².